The van der Waals surface area contributed by atoms with Crippen LogP contribution in [-0.4, -0.2) is 30.0 Å². The summed E-state index contributed by atoms with van der Waals surface area (Å²) < 4.78 is 0. The van der Waals surface area contributed by atoms with Gasteiger partial charge >= 0.3 is 0 Å². The van der Waals surface area contributed by atoms with Gasteiger partial charge in [-0.2, -0.15) is 0 Å². The van der Waals surface area contributed by atoms with Gasteiger partial charge in [0.2, 0.25) is 0 Å². The molecule has 0 bridgehead atoms. The number of pyridine rings is 2. The fraction of sp³-hybridized carbons (Fsp3) is 0.154. The van der Waals surface area contributed by atoms with Crippen LogP contribution >= 0.6 is 11.6 Å². The third kappa shape index (κ3) is 3.20. The van der Waals surface area contributed by atoms with Crippen LogP contribution in [0.2, 0.25) is 5.15 Å². The summed E-state index contributed by atoms with van der Waals surface area (Å²) in [6.07, 6.45) is 3.17. The predicted octanol–water partition coefficient (Wildman–Crippen LogP) is 2.45. The third-order valence-electron chi connectivity index (χ3n) is 2.45. The minimum atomic E-state index is -0.250. The summed E-state index contributed by atoms with van der Waals surface area (Å²) in [4.78, 5) is 22.0. The Morgan fingerprint density at radius 2 is 2.05 bits per heavy atom. The highest BCUT2D eigenvalue weighted by Crippen LogP contribution is 2.21. The van der Waals surface area contributed by atoms with E-state index in [9.17, 15) is 4.79 Å². The lowest BCUT2D eigenvalue weighted by atomic mass is 10.2. The average molecular weight is 277 g/mol. The number of anilines is 2. The maximum Gasteiger partial charge on any atom is 0.255 e. The number of hydrogen-bond donors (Lipinski definition) is 1. The van der Waals surface area contributed by atoms with Gasteiger partial charge in [-0.15, -0.1) is 0 Å². The van der Waals surface area contributed by atoms with E-state index < -0.39 is 0 Å². The number of carbonyl (C=O) groups is 1. The first-order chi connectivity index (χ1) is 9.08. The van der Waals surface area contributed by atoms with Gasteiger partial charge in [-0.3, -0.25) is 4.79 Å². The first-order valence-electron chi connectivity index (χ1n) is 5.63. The Kier molecular flexibility index (Phi) is 3.97. The van der Waals surface area contributed by atoms with Gasteiger partial charge in [0.25, 0.3) is 5.91 Å². The summed E-state index contributed by atoms with van der Waals surface area (Å²) in [5, 5.41) is 3.09. The molecule has 0 aliphatic heterocycles. The van der Waals surface area contributed by atoms with E-state index in [0.717, 1.165) is 0 Å². The average Bonchev–Trinajstić information content (AvgIpc) is 2.39. The molecule has 98 valence electrons. The van der Waals surface area contributed by atoms with Crippen molar-refractivity contribution in [3.8, 4) is 0 Å². The van der Waals surface area contributed by atoms with Crippen LogP contribution in [0.5, 0.6) is 0 Å². The van der Waals surface area contributed by atoms with Crippen molar-refractivity contribution >= 4 is 29.0 Å². The van der Waals surface area contributed by atoms with E-state index in [1.807, 2.05) is 19.0 Å². The van der Waals surface area contributed by atoms with E-state index in [-0.39, 0.29) is 11.1 Å². The fourth-order valence-corrected chi connectivity index (χ4v) is 1.76. The highest BCUT2D eigenvalue weighted by atomic mass is 35.5. The van der Waals surface area contributed by atoms with Gasteiger partial charge in [-0.1, -0.05) is 11.6 Å². The lowest BCUT2D eigenvalue weighted by molar-refractivity contribution is 0.102. The molecule has 0 spiro atoms. The molecule has 0 aliphatic rings. The van der Waals surface area contributed by atoms with Gasteiger partial charge in [-0.25, -0.2) is 9.97 Å². The quantitative estimate of drug-likeness (QED) is 0.875. The molecule has 2 aromatic heterocycles. The lowest BCUT2D eigenvalue weighted by Crippen LogP contribution is -2.17. The Balaban J connectivity index is 2.24. The first-order valence-corrected chi connectivity index (χ1v) is 6.01. The molecule has 1 amide bonds. The monoisotopic (exact) mass is 276 g/mol. The van der Waals surface area contributed by atoms with Crippen LogP contribution in [0, 0.1) is 0 Å². The summed E-state index contributed by atoms with van der Waals surface area (Å²) >= 11 is 5.76. The van der Waals surface area contributed by atoms with Crippen LogP contribution in [0.15, 0.2) is 36.7 Å². The van der Waals surface area contributed by atoms with Crippen LogP contribution in [0.3, 0.4) is 0 Å². The molecule has 1 N–H and O–H groups in total. The largest absolute Gasteiger partial charge is 0.361 e. The second-order valence-electron chi connectivity index (χ2n) is 4.09. The Hall–Kier alpha value is -2.14. The van der Waals surface area contributed by atoms with E-state index in [1.54, 1.807) is 24.4 Å². The van der Waals surface area contributed by atoms with E-state index >= 15 is 0 Å². The lowest BCUT2D eigenvalue weighted by Gasteiger charge is -2.16. The van der Waals surface area contributed by atoms with Crippen molar-refractivity contribution in [2.45, 2.75) is 0 Å². The molecule has 2 aromatic rings. The van der Waals surface area contributed by atoms with Crippen molar-refractivity contribution < 1.29 is 4.79 Å². The highest BCUT2D eigenvalue weighted by molar-refractivity contribution is 6.29. The molecular formula is C13H13ClN4O. The molecule has 0 fully saturated rings. The van der Waals surface area contributed by atoms with Crippen molar-refractivity contribution in [1.29, 1.82) is 0 Å². The van der Waals surface area contributed by atoms with Crippen molar-refractivity contribution in [2.75, 3.05) is 24.3 Å². The Labute approximate surface area is 116 Å². The molecular weight excluding hydrogens is 264 g/mol. The molecule has 19 heavy (non-hydrogen) atoms. The van der Waals surface area contributed by atoms with E-state index in [2.05, 4.69) is 15.3 Å². The topological polar surface area (TPSA) is 58.1 Å². The summed E-state index contributed by atoms with van der Waals surface area (Å²) in [5.41, 5.74) is 1.10. The molecule has 2 rings (SSSR count). The maximum atomic E-state index is 12.1. The number of carbonyl (C=O) groups excluding carboxylic acids is 1. The highest BCUT2D eigenvalue weighted by Gasteiger charge is 2.11. The second kappa shape index (κ2) is 5.67. The molecule has 6 heteroatoms. The van der Waals surface area contributed by atoms with Crippen LogP contribution in [0.4, 0.5) is 11.5 Å². The maximum absolute atomic E-state index is 12.1. The zero-order chi connectivity index (χ0) is 13.8. The Morgan fingerprint density at radius 1 is 1.26 bits per heavy atom. The molecule has 0 atom stereocenters. The van der Waals surface area contributed by atoms with Gasteiger partial charge in [0.1, 0.15) is 5.15 Å². The van der Waals surface area contributed by atoms with Gasteiger partial charge < -0.3 is 10.2 Å². The predicted molar refractivity (Wildman–Crippen MR) is 75.8 cm³/mol. The number of rotatable bonds is 3. The molecule has 0 unspecified atom stereocenters. The van der Waals surface area contributed by atoms with Crippen molar-refractivity contribution in [2.24, 2.45) is 0 Å². The minimum Gasteiger partial charge on any atom is -0.361 e. The van der Waals surface area contributed by atoms with Gasteiger partial charge in [0.05, 0.1) is 5.69 Å². The minimum absolute atomic E-state index is 0.250. The zero-order valence-corrected chi connectivity index (χ0v) is 11.3. The normalized spacial score (nSPS) is 10.1. The first kappa shape index (κ1) is 13.3. The number of nitrogens with one attached hydrogen (secondary N) is 1. The summed E-state index contributed by atoms with van der Waals surface area (Å²) in [6.45, 7) is 0. The Bertz CT molecular complexity index is 601. The number of amides is 1. The summed E-state index contributed by atoms with van der Waals surface area (Å²) in [7, 11) is 3.72. The fourth-order valence-electron chi connectivity index (χ4n) is 1.59. The zero-order valence-electron chi connectivity index (χ0n) is 10.6. The SMILES string of the molecule is CN(C)c1ncccc1NC(=O)c1ccnc(Cl)c1. The van der Waals surface area contributed by atoms with Gasteiger partial charge in [-0.05, 0) is 24.3 Å². The molecule has 0 aliphatic carbocycles. The number of aromatic nitrogens is 2. The van der Waals surface area contributed by atoms with Crippen LogP contribution in [0.25, 0.3) is 0 Å². The van der Waals surface area contributed by atoms with Crippen LogP contribution in [0.1, 0.15) is 10.4 Å². The molecule has 5 nitrogen and oxygen atoms in total. The van der Waals surface area contributed by atoms with Crippen LogP contribution < -0.4 is 10.2 Å². The van der Waals surface area contributed by atoms with Gasteiger partial charge in [0.15, 0.2) is 5.82 Å². The van der Waals surface area contributed by atoms with Crippen LogP contribution in [-0.2, 0) is 0 Å². The molecule has 2 heterocycles. The Morgan fingerprint density at radius 3 is 2.74 bits per heavy atom. The smallest absolute Gasteiger partial charge is 0.255 e. The standard InChI is InChI=1S/C13H13ClN4O/c1-18(2)12-10(4-3-6-16-12)17-13(19)9-5-7-15-11(14)8-9/h3-8H,1-2H3,(H,17,19). The summed E-state index contributed by atoms with van der Waals surface area (Å²) in [6, 6.07) is 6.68. The second-order valence-corrected chi connectivity index (χ2v) is 4.48. The number of hydrogen-bond acceptors (Lipinski definition) is 4. The van der Waals surface area contributed by atoms with E-state index in [4.69, 9.17) is 11.6 Å². The molecule has 0 radical (unpaired) electrons. The number of nitrogens with zero attached hydrogens (tertiary/aromatic N) is 3. The molecule has 0 aromatic carbocycles. The van der Waals surface area contributed by atoms with Crippen molar-refractivity contribution in [3.05, 3.63) is 47.4 Å². The number of halogens is 1. The third-order valence-corrected chi connectivity index (χ3v) is 2.65. The van der Waals surface area contributed by atoms with E-state index in [0.29, 0.717) is 17.1 Å². The molecule has 0 saturated carbocycles. The molecule has 0 saturated heterocycles. The van der Waals surface area contributed by atoms with E-state index in [1.165, 1.54) is 12.3 Å². The van der Waals surface area contributed by atoms with Crippen molar-refractivity contribution in [1.82, 2.24) is 9.97 Å². The summed E-state index contributed by atoms with van der Waals surface area (Å²) in [5.74, 6) is 0.441. The van der Waals surface area contributed by atoms with Crippen molar-refractivity contribution in [3.63, 3.8) is 0 Å². The van der Waals surface area contributed by atoms with Gasteiger partial charge in [0, 0.05) is 32.1 Å².